The summed E-state index contributed by atoms with van der Waals surface area (Å²) in [7, 11) is 0. The molecule has 0 fully saturated rings. The summed E-state index contributed by atoms with van der Waals surface area (Å²) in [6.45, 7) is 0. The van der Waals surface area contributed by atoms with Gasteiger partial charge < -0.3 is 4.90 Å². The molecule has 6 aromatic rings. The number of hydrogen-bond donors (Lipinski definition) is 0. The van der Waals surface area contributed by atoms with Gasteiger partial charge in [0, 0.05) is 40.9 Å². The molecule has 0 amide bonds. The summed E-state index contributed by atoms with van der Waals surface area (Å²) in [5.41, 5.74) is 5.34. The van der Waals surface area contributed by atoms with E-state index in [-0.39, 0.29) is 0 Å². The van der Waals surface area contributed by atoms with Gasteiger partial charge in [0.25, 0.3) is 0 Å². The number of benzene rings is 4. The maximum absolute atomic E-state index is 4.65. The van der Waals surface area contributed by atoms with Crippen LogP contribution in [0.5, 0.6) is 0 Å². The molecule has 32 heavy (non-hydrogen) atoms. The van der Waals surface area contributed by atoms with Crippen molar-refractivity contribution in [1.29, 1.82) is 0 Å². The van der Waals surface area contributed by atoms with Crippen molar-refractivity contribution in [3.05, 3.63) is 122 Å². The Labute approximate surface area is 186 Å². The van der Waals surface area contributed by atoms with Crippen molar-refractivity contribution in [2.24, 2.45) is 0 Å². The fourth-order valence-electron chi connectivity index (χ4n) is 4.16. The molecule has 4 aromatic carbocycles. The molecule has 6 rings (SSSR count). The second kappa shape index (κ2) is 7.67. The van der Waals surface area contributed by atoms with E-state index in [0.29, 0.717) is 5.78 Å². The first-order valence-corrected chi connectivity index (χ1v) is 10.6. The van der Waals surface area contributed by atoms with Gasteiger partial charge in [0.1, 0.15) is 0 Å². The molecule has 0 aliphatic heterocycles. The van der Waals surface area contributed by atoms with Crippen molar-refractivity contribution in [3.63, 3.8) is 0 Å². The van der Waals surface area contributed by atoms with E-state index in [1.807, 2.05) is 28.9 Å². The molecule has 4 heteroatoms. The first-order chi connectivity index (χ1) is 15.9. The third-order valence-electron chi connectivity index (χ3n) is 5.68. The molecule has 0 aliphatic carbocycles. The van der Waals surface area contributed by atoms with Gasteiger partial charge in [-0.15, -0.1) is 0 Å². The fourth-order valence-corrected chi connectivity index (χ4v) is 4.16. The highest BCUT2D eigenvalue weighted by molar-refractivity contribution is 5.98. The second-order valence-corrected chi connectivity index (χ2v) is 7.67. The minimum atomic E-state index is 0.702. The number of imidazole rings is 1. The number of hydrogen-bond acceptors (Lipinski definition) is 3. The zero-order chi connectivity index (χ0) is 21.3. The Balaban J connectivity index is 1.47. The van der Waals surface area contributed by atoms with Crippen molar-refractivity contribution in [2.75, 3.05) is 4.90 Å². The fraction of sp³-hybridized carbons (Fsp3) is 0. The molecule has 0 unspecified atom stereocenters. The minimum Gasteiger partial charge on any atom is -0.310 e. The summed E-state index contributed by atoms with van der Waals surface area (Å²) < 4.78 is 1.94. The van der Waals surface area contributed by atoms with Gasteiger partial charge in [-0.1, -0.05) is 66.7 Å². The number of para-hydroxylation sites is 1. The molecule has 4 nitrogen and oxygen atoms in total. The topological polar surface area (TPSA) is 33.4 Å². The maximum atomic E-state index is 4.65. The molecule has 0 radical (unpaired) electrons. The summed E-state index contributed by atoms with van der Waals surface area (Å²) in [5, 5.41) is 2.44. The lowest BCUT2D eigenvalue weighted by atomic mass is 10.1. The van der Waals surface area contributed by atoms with Gasteiger partial charge >= 0.3 is 0 Å². The Morgan fingerprint density at radius 3 is 2.25 bits per heavy atom. The Morgan fingerprint density at radius 1 is 0.656 bits per heavy atom. The smallest absolute Gasteiger partial charge is 0.234 e. The molecule has 2 aromatic heterocycles. The van der Waals surface area contributed by atoms with Gasteiger partial charge in [-0.05, 0) is 41.8 Å². The zero-order valence-corrected chi connectivity index (χ0v) is 17.3. The van der Waals surface area contributed by atoms with Crippen LogP contribution in [-0.2, 0) is 0 Å². The predicted octanol–water partition coefficient (Wildman–Crippen LogP) is 7.02. The van der Waals surface area contributed by atoms with Crippen molar-refractivity contribution in [3.8, 4) is 11.3 Å². The molecule has 0 atom stereocenters. The average Bonchev–Trinajstić information content (AvgIpc) is 3.30. The summed E-state index contributed by atoms with van der Waals surface area (Å²) in [5.74, 6) is 0.702. The molecule has 0 N–H and O–H groups in total. The standard InChI is InChI=1S/C28H20N4/c1-2-10-23(11-3-1)32(27-13-6-9-21-8-4-5-12-25(21)27)24-16-14-22(15-17-24)26-20-31-19-7-18-29-28(31)30-26/h1-20H. The van der Waals surface area contributed by atoms with Crippen LogP contribution >= 0.6 is 0 Å². The Hall–Kier alpha value is -4.44. The lowest BCUT2D eigenvalue weighted by Crippen LogP contribution is -2.10. The van der Waals surface area contributed by atoms with Gasteiger partial charge in [-0.3, -0.25) is 4.40 Å². The molecule has 152 valence electrons. The van der Waals surface area contributed by atoms with Crippen LogP contribution in [-0.4, -0.2) is 14.4 Å². The van der Waals surface area contributed by atoms with Crippen LogP contribution in [0.3, 0.4) is 0 Å². The molecule has 0 saturated carbocycles. The first kappa shape index (κ1) is 18.3. The van der Waals surface area contributed by atoms with Crippen LogP contribution in [0, 0.1) is 0 Å². The number of anilines is 3. The number of aromatic nitrogens is 3. The molecular formula is C28H20N4. The molecular weight excluding hydrogens is 392 g/mol. The normalized spacial score (nSPS) is 11.1. The van der Waals surface area contributed by atoms with Gasteiger partial charge in [-0.2, -0.15) is 0 Å². The van der Waals surface area contributed by atoms with Crippen molar-refractivity contribution in [1.82, 2.24) is 14.4 Å². The van der Waals surface area contributed by atoms with Crippen LogP contribution < -0.4 is 4.90 Å². The molecule has 0 bridgehead atoms. The number of fused-ring (bicyclic) bond motifs is 2. The highest BCUT2D eigenvalue weighted by Crippen LogP contribution is 2.39. The van der Waals surface area contributed by atoms with Crippen molar-refractivity contribution in [2.45, 2.75) is 0 Å². The van der Waals surface area contributed by atoms with Crippen LogP contribution in [0.4, 0.5) is 17.1 Å². The van der Waals surface area contributed by atoms with Crippen molar-refractivity contribution >= 4 is 33.6 Å². The lowest BCUT2D eigenvalue weighted by molar-refractivity contribution is 1.11. The second-order valence-electron chi connectivity index (χ2n) is 7.67. The molecule has 2 heterocycles. The maximum Gasteiger partial charge on any atom is 0.234 e. The number of rotatable bonds is 4. The largest absolute Gasteiger partial charge is 0.310 e. The van der Waals surface area contributed by atoms with E-state index in [1.54, 1.807) is 6.20 Å². The third-order valence-corrected chi connectivity index (χ3v) is 5.68. The molecule has 0 aliphatic rings. The predicted molar refractivity (Wildman–Crippen MR) is 131 cm³/mol. The Kier molecular flexibility index (Phi) is 4.40. The van der Waals surface area contributed by atoms with Gasteiger partial charge in [-0.25, -0.2) is 9.97 Å². The third kappa shape index (κ3) is 3.19. The summed E-state index contributed by atoms with van der Waals surface area (Å²) in [4.78, 5) is 11.3. The van der Waals surface area contributed by atoms with Crippen LogP contribution in [0.15, 0.2) is 122 Å². The quantitative estimate of drug-likeness (QED) is 0.312. The monoisotopic (exact) mass is 412 g/mol. The summed E-state index contributed by atoms with van der Waals surface area (Å²) in [6.07, 6.45) is 5.74. The molecule has 0 spiro atoms. The summed E-state index contributed by atoms with van der Waals surface area (Å²) >= 11 is 0. The van der Waals surface area contributed by atoms with Gasteiger partial charge in [0.15, 0.2) is 0 Å². The van der Waals surface area contributed by atoms with E-state index >= 15 is 0 Å². The Morgan fingerprint density at radius 2 is 1.41 bits per heavy atom. The summed E-state index contributed by atoms with van der Waals surface area (Å²) in [6, 6.07) is 35.9. The molecule has 0 saturated heterocycles. The van der Waals surface area contributed by atoms with Crippen LogP contribution in [0.25, 0.3) is 27.8 Å². The van der Waals surface area contributed by atoms with E-state index in [2.05, 4.69) is 106 Å². The SMILES string of the molecule is c1ccc(N(c2ccc(-c3cn4cccnc4n3)cc2)c2cccc3ccccc23)cc1. The first-order valence-electron chi connectivity index (χ1n) is 10.6. The lowest BCUT2D eigenvalue weighted by Gasteiger charge is -2.27. The van der Waals surface area contributed by atoms with Crippen LogP contribution in [0.2, 0.25) is 0 Å². The van der Waals surface area contributed by atoms with Gasteiger partial charge in [0.05, 0.1) is 11.4 Å². The van der Waals surface area contributed by atoms with E-state index in [1.165, 1.54) is 10.8 Å². The highest BCUT2D eigenvalue weighted by atomic mass is 15.1. The Bertz CT molecular complexity index is 1480. The zero-order valence-electron chi connectivity index (χ0n) is 17.3. The van der Waals surface area contributed by atoms with E-state index < -0.39 is 0 Å². The van der Waals surface area contributed by atoms with Crippen molar-refractivity contribution < 1.29 is 0 Å². The van der Waals surface area contributed by atoms with E-state index in [9.17, 15) is 0 Å². The highest BCUT2D eigenvalue weighted by Gasteiger charge is 2.15. The van der Waals surface area contributed by atoms with Crippen LogP contribution in [0.1, 0.15) is 0 Å². The average molecular weight is 412 g/mol. The van der Waals surface area contributed by atoms with E-state index in [0.717, 1.165) is 28.3 Å². The van der Waals surface area contributed by atoms with E-state index in [4.69, 9.17) is 0 Å². The van der Waals surface area contributed by atoms with Gasteiger partial charge in [0.2, 0.25) is 5.78 Å². The number of nitrogens with zero attached hydrogens (tertiary/aromatic N) is 4. The minimum absolute atomic E-state index is 0.702.